The van der Waals surface area contributed by atoms with Crippen molar-refractivity contribution in [2.45, 2.75) is 50.6 Å². The molecule has 17 heteroatoms. The number of aliphatic hydroxyl groups excluding tert-OH is 1. The van der Waals surface area contributed by atoms with Gasteiger partial charge >= 0.3 is 12.4 Å². The molecule has 0 amide bonds. The fourth-order valence-corrected chi connectivity index (χ4v) is 4.69. The fourth-order valence-electron chi connectivity index (χ4n) is 4.36. The van der Waals surface area contributed by atoms with Gasteiger partial charge in [-0.05, 0) is 49.7 Å². The van der Waals surface area contributed by atoms with Crippen LogP contribution in [0.4, 0.5) is 30.7 Å². The highest BCUT2D eigenvalue weighted by atomic mass is 35.5. The van der Waals surface area contributed by atoms with Crippen LogP contribution in [0.1, 0.15) is 41.4 Å². The number of aromatic nitrogens is 3. The number of alkyl halides is 6. The Balaban J connectivity index is 1.70. The Labute approximate surface area is 255 Å². The third-order valence-electron chi connectivity index (χ3n) is 6.62. The maximum absolute atomic E-state index is 14.1. The number of benzene rings is 2. The predicted octanol–water partition coefficient (Wildman–Crippen LogP) is 6.55. The Kier molecular flexibility index (Phi) is 9.95. The van der Waals surface area contributed by atoms with E-state index in [9.17, 15) is 35.8 Å². The molecule has 238 valence electrons. The molecule has 0 aliphatic carbocycles. The first-order chi connectivity index (χ1) is 20.5. The number of ether oxygens (including phenoxy) is 2. The normalized spacial score (nSPS) is 19.0. The SMILES string of the molecule is Cc1nc(C(OC2CO[C@@H]2C)[C@@H](O)CN/C=C(\C=N)c2cc(F)c(Cl)cc2C(F)(F)F)n(-c2cc(Cl)ccc2C(F)(F)F)n1. The highest BCUT2D eigenvalue weighted by Gasteiger charge is 2.40. The van der Waals surface area contributed by atoms with Crippen molar-refractivity contribution in [3.8, 4) is 5.69 Å². The van der Waals surface area contributed by atoms with E-state index in [2.05, 4.69) is 15.4 Å². The van der Waals surface area contributed by atoms with Crippen LogP contribution in [0.5, 0.6) is 0 Å². The molecule has 2 aromatic carbocycles. The van der Waals surface area contributed by atoms with E-state index in [1.807, 2.05) is 0 Å². The smallest absolute Gasteiger partial charge is 0.388 e. The van der Waals surface area contributed by atoms with Crippen LogP contribution in [0.15, 0.2) is 36.5 Å². The summed E-state index contributed by atoms with van der Waals surface area (Å²) in [4.78, 5) is 4.22. The molecule has 0 radical (unpaired) electrons. The summed E-state index contributed by atoms with van der Waals surface area (Å²) in [5.41, 5.74) is -3.98. The lowest BCUT2D eigenvalue weighted by atomic mass is 10.00. The minimum absolute atomic E-state index is 0.0334. The number of aryl methyl sites for hydroxylation is 1. The number of aliphatic hydroxyl groups is 1. The van der Waals surface area contributed by atoms with E-state index >= 15 is 0 Å². The quantitative estimate of drug-likeness (QED) is 0.167. The highest BCUT2D eigenvalue weighted by Crippen LogP contribution is 2.39. The molecule has 8 nitrogen and oxygen atoms in total. The molecule has 4 atom stereocenters. The molecule has 1 fully saturated rings. The lowest BCUT2D eigenvalue weighted by Gasteiger charge is -2.37. The zero-order valence-electron chi connectivity index (χ0n) is 22.8. The molecule has 4 rings (SSSR count). The summed E-state index contributed by atoms with van der Waals surface area (Å²) in [5.74, 6) is -1.34. The Morgan fingerprint density at radius 1 is 1.18 bits per heavy atom. The van der Waals surface area contributed by atoms with Crippen LogP contribution in [0.25, 0.3) is 11.3 Å². The summed E-state index contributed by atoms with van der Waals surface area (Å²) in [7, 11) is 0. The maximum atomic E-state index is 14.1. The first kappa shape index (κ1) is 33.6. The third kappa shape index (κ3) is 7.34. The summed E-state index contributed by atoms with van der Waals surface area (Å²) in [6.07, 6.45) is -12.3. The van der Waals surface area contributed by atoms with Gasteiger partial charge in [-0.3, -0.25) is 0 Å². The van der Waals surface area contributed by atoms with Gasteiger partial charge in [0.25, 0.3) is 0 Å². The van der Waals surface area contributed by atoms with Crippen LogP contribution >= 0.6 is 23.2 Å². The summed E-state index contributed by atoms with van der Waals surface area (Å²) in [6, 6.07) is 3.78. The second kappa shape index (κ2) is 13.0. The molecule has 2 unspecified atom stereocenters. The van der Waals surface area contributed by atoms with Crippen molar-refractivity contribution in [2.24, 2.45) is 0 Å². The van der Waals surface area contributed by atoms with Crippen LogP contribution < -0.4 is 5.32 Å². The molecule has 44 heavy (non-hydrogen) atoms. The zero-order chi connectivity index (χ0) is 32.6. The van der Waals surface area contributed by atoms with Crippen LogP contribution in [0, 0.1) is 18.2 Å². The minimum Gasteiger partial charge on any atom is -0.388 e. The first-order valence-electron chi connectivity index (χ1n) is 12.8. The van der Waals surface area contributed by atoms with Gasteiger partial charge in [0, 0.05) is 29.6 Å². The molecule has 0 bridgehead atoms. The maximum Gasteiger partial charge on any atom is 0.418 e. The second-order valence-corrected chi connectivity index (χ2v) is 10.6. The van der Waals surface area contributed by atoms with Crippen molar-refractivity contribution < 1.29 is 45.3 Å². The van der Waals surface area contributed by atoms with E-state index in [0.29, 0.717) is 18.3 Å². The molecule has 1 aliphatic rings. The van der Waals surface area contributed by atoms with Crippen molar-refractivity contribution in [3.63, 3.8) is 0 Å². The molecule has 1 saturated heterocycles. The number of nitrogens with one attached hydrogen (secondary N) is 2. The number of allylic oxidation sites excluding steroid dienone is 1. The van der Waals surface area contributed by atoms with E-state index in [1.54, 1.807) is 6.92 Å². The molecule has 3 aromatic rings. The van der Waals surface area contributed by atoms with Crippen molar-refractivity contribution in [1.29, 1.82) is 5.41 Å². The first-order valence-corrected chi connectivity index (χ1v) is 13.5. The molecule has 3 N–H and O–H groups in total. The molecule has 1 aromatic heterocycles. The monoisotopic (exact) mass is 669 g/mol. The lowest BCUT2D eigenvalue weighted by Crippen LogP contribution is -2.47. The third-order valence-corrected chi connectivity index (χ3v) is 7.15. The highest BCUT2D eigenvalue weighted by molar-refractivity contribution is 6.31. The van der Waals surface area contributed by atoms with Gasteiger partial charge in [-0.15, -0.1) is 0 Å². The number of nitrogens with zero attached hydrogens (tertiary/aromatic N) is 3. The van der Waals surface area contributed by atoms with Crippen molar-refractivity contribution in [2.75, 3.05) is 13.2 Å². The molecular weight excluding hydrogens is 646 g/mol. The molecule has 0 saturated carbocycles. The summed E-state index contributed by atoms with van der Waals surface area (Å²) >= 11 is 11.6. The van der Waals surface area contributed by atoms with E-state index in [0.717, 1.165) is 29.1 Å². The standard InChI is InChI=1S/C27H24Cl2F7N5O3/c1-12-23(11-43-12)44-24(25-39-13(2)40-41(25)21-5-15(28)3-4-17(21)26(31,32)33)22(42)10-38-9-14(8-37)16-6-20(30)19(29)7-18(16)27(34,35)36/h3-9,12,22-24,37-38,42H,10-11H2,1-2H3/b14-9+,37-8?/t12-,22+,23?,24?/m1/s1. The molecule has 2 heterocycles. The fraction of sp³-hybridized carbons (Fsp3) is 0.370. The number of hydrogen-bond acceptors (Lipinski definition) is 7. The topological polar surface area (TPSA) is 105 Å². The average molecular weight is 670 g/mol. The van der Waals surface area contributed by atoms with E-state index in [-0.39, 0.29) is 23.3 Å². The summed E-state index contributed by atoms with van der Waals surface area (Å²) in [5, 5.41) is 24.7. The van der Waals surface area contributed by atoms with Crippen LogP contribution in [-0.2, 0) is 21.8 Å². The predicted molar refractivity (Wildman–Crippen MR) is 146 cm³/mol. The largest absolute Gasteiger partial charge is 0.418 e. The van der Waals surface area contributed by atoms with Gasteiger partial charge in [0.05, 0.1) is 34.5 Å². The summed E-state index contributed by atoms with van der Waals surface area (Å²) < 4.78 is 109. The second-order valence-electron chi connectivity index (χ2n) is 9.75. The van der Waals surface area contributed by atoms with Gasteiger partial charge in [-0.2, -0.15) is 31.4 Å². The minimum atomic E-state index is -4.94. The lowest BCUT2D eigenvalue weighted by molar-refractivity contribution is -0.216. The number of halogens is 9. The van der Waals surface area contributed by atoms with E-state index in [1.165, 1.54) is 6.92 Å². The number of rotatable bonds is 10. The van der Waals surface area contributed by atoms with Crippen molar-refractivity contribution in [1.82, 2.24) is 20.1 Å². The van der Waals surface area contributed by atoms with Crippen LogP contribution in [0.3, 0.4) is 0 Å². The van der Waals surface area contributed by atoms with Gasteiger partial charge < -0.3 is 25.3 Å². The Bertz CT molecular complexity index is 1560. The summed E-state index contributed by atoms with van der Waals surface area (Å²) in [6.45, 7) is 2.73. The average Bonchev–Trinajstić information content (AvgIpc) is 3.31. The van der Waals surface area contributed by atoms with E-state index < -0.39 is 82.1 Å². The number of hydrogen-bond donors (Lipinski definition) is 3. The molecule has 1 aliphatic heterocycles. The zero-order valence-corrected chi connectivity index (χ0v) is 24.3. The molecular formula is C27H24Cl2F7N5O3. The van der Waals surface area contributed by atoms with Gasteiger partial charge in [0.2, 0.25) is 0 Å². The van der Waals surface area contributed by atoms with E-state index in [4.69, 9.17) is 38.1 Å². The van der Waals surface area contributed by atoms with Crippen molar-refractivity contribution in [3.05, 3.63) is 80.7 Å². The van der Waals surface area contributed by atoms with Crippen molar-refractivity contribution >= 4 is 35.0 Å². The van der Waals surface area contributed by atoms with Gasteiger partial charge in [-0.1, -0.05) is 23.2 Å². The molecule has 0 spiro atoms. The van der Waals surface area contributed by atoms with Gasteiger partial charge in [0.15, 0.2) is 5.82 Å². The van der Waals surface area contributed by atoms with Crippen LogP contribution in [-0.4, -0.2) is 57.5 Å². The Hall–Kier alpha value is -3.24. The van der Waals surface area contributed by atoms with Gasteiger partial charge in [-0.25, -0.2) is 14.1 Å². The Morgan fingerprint density at radius 2 is 1.86 bits per heavy atom. The van der Waals surface area contributed by atoms with Gasteiger partial charge in [0.1, 0.15) is 30.0 Å². The Morgan fingerprint density at radius 3 is 2.43 bits per heavy atom. The van der Waals surface area contributed by atoms with Crippen LogP contribution in [0.2, 0.25) is 10.0 Å².